The molecule has 2 rings (SSSR count). The van der Waals surface area contributed by atoms with E-state index < -0.39 is 17.8 Å². The number of carbonyl (C=O) groups is 3. The van der Waals surface area contributed by atoms with Gasteiger partial charge in [0, 0.05) is 19.8 Å². The molecule has 6 heteroatoms. The Kier molecular flexibility index (Phi) is 2.78. The molecule has 0 bridgehead atoms. The van der Waals surface area contributed by atoms with Crippen molar-refractivity contribution in [1.82, 2.24) is 5.32 Å². The summed E-state index contributed by atoms with van der Waals surface area (Å²) in [5.74, 6) is -1.75. The molecule has 1 N–H and O–H groups in total. The highest BCUT2D eigenvalue weighted by molar-refractivity contribution is 6.53. The molecule has 0 atom stereocenters. The number of nitrogens with one attached hydrogen (secondary N) is 1. The quantitative estimate of drug-likeness (QED) is 0.615. The monoisotopic (exact) mass is 247 g/mol. The number of imide groups is 2. The van der Waals surface area contributed by atoms with Gasteiger partial charge >= 0.3 is 17.8 Å². The molecule has 1 heterocycles. The summed E-state index contributed by atoms with van der Waals surface area (Å²) in [5, 5.41) is 1.96. The van der Waals surface area contributed by atoms with Gasteiger partial charge in [-0.15, -0.1) is 0 Å². The fraction of sp³-hybridized carbons (Fsp3) is 0.250. The lowest BCUT2D eigenvalue weighted by Crippen LogP contribution is -2.31. The minimum atomic E-state index is -0.896. The lowest BCUT2D eigenvalue weighted by molar-refractivity contribution is -0.134. The fourth-order valence-electron chi connectivity index (χ4n) is 1.85. The molecule has 0 unspecified atom stereocenters. The van der Waals surface area contributed by atoms with Gasteiger partial charge < -0.3 is 4.90 Å². The second kappa shape index (κ2) is 4.14. The Labute approximate surface area is 104 Å². The zero-order chi connectivity index (χ0) is 13.4. The highest BCUT2D eigenvalue weighted by atomic mass is 16.2. The Morgan fingerprint density at radius 1 is 1.17 bits per heavy atom. The molecule has 0 aliphatic carbocycles. The van der Waals surface area contributed by atoms with Crippen molar-refractivity contribution in [3.05, 3.63) is 23.8 Å². The topological polar surface area (TPSA) is 69.7 Å². The molecule has 1 aromatic rings. The van der Waals surface area contributed by atoms with Crippen LogP contribution in [-0.4, -0.2) is 31.9 Å². The third-order valence-electron chi connectivity index (χ3n) is 2.75. The second-order valence-corrected chi connectivity index (χ2v) is 4.27. The summed E-state index contributed by atoms with van der Waals surface area (Å²) in [7, 11) is 3.73. The normalized spacial score (nSPS) is 15.1. The molecule has 1 aliphatic heterocycles. The van der Waals surface area contributed by atoms with Crippen LogP contribution < -0.4 is 15.1 Å². The van der Waals surface area contributed by atoms with Crippen LogP contribution in [0.2, 0.25) is 0 Å². The van der Waals surface area contributed by atoms with Crippen LogP contribution >= 0.6 is 0 Å². The standard InChI is InChI=1S/C12H13N3O3/c1-7-4-5-8(6-9(7)14(2)3)15-11(17)10(16)13-12(15)18/h4-6H,1-3H3,(H,13,16,18). The Bertz CT molecular complexity index is 551. The lowest BCUT2D eigenvalue weighted by Gasteiger charge is -2.19. The first-order chi connectivity index (χ1) is 8.41. The smallest absolute Gasteiger partial charge is 0.336 e. The van der Waals surface area contributed by atoms with E-state index in [1.807, 2.05) is 31.2 Å². The van der Waals surface area contributed by atoms with Crippen LogP contribution in [0.4, 0.5) is 16.2 Å². The first-order valence-corrected chi connectivity index (χ1v) is 5.39. The highest BCUT2D eigenvalue weighted by Gasteiger charge is 2.38. The number of amides is 4. The molecule has 4 amide bonds. The van der Waals surface area contributed by atoms with Crippen LogP contribution in [-0.2, 0) is 9.59 Å². The zero-order valence-corrected chi connectivity index (χ0v) is 10.4. The maximum Gasteiger partial charge on any atom is 0.336 e. The van der Waals surface area contributed by atoms with Crippen molar-refractivity contribution in [2.75, 3.05) is 23.9 Å². The highest BCUT2D eigenvalue weighted by Crippen LogP contribution is 2.26. The van der Waals surface area contributed by atoms with E-state index in [2.05, 4.69) is 0 Å². The molecule has 0 radical (unpaired) electrons. The summed E-state index contributed by atoms with van der Waals surface area (Å²) in [6.07, 6.45) is 0. The van der Waals surface area contributed by atoms with E-state index in [0.717, 1.165) is 16.2 Å². The Balaban J connectivity index is 2.46. The van der Waals surface area contributed by atoms with Gasteiger partial charge in [-0.05, 0) is 24.6 Å². The van der Waals surface area contributed by atoms with Crippen LogP contribution in [0.1, 0.15) is 5.56 Å². The summed E-state index contributed by atoms with van der Waals surface area (Å²) in [6.45, 7) is 1.93. The van der Waals surface area contributed by atoms with E-state index in [9.17, 15) is 14.4 Å². The van der Waals surface area contributed by atoms with Crippen molar-refractivity contribution in [2.24, 2.45) is 0 Å². The molecule has 0 aromatic heterocycles. The first-order valence-electron chi connectivity index (χ1n) is 5.39. The van der Waals surface area contributed by atoms with Crippen molar-refractivity contribution < 1.29 is 14.4 Å². The molecule has 18 heavy (non-hydrogen) atoms. The second-order valence-electron chi connectivity index (χ2n) is 4.27. The van der Waals surface area contributed by atoms with Gasteiger partial charge in [0.25, 0.3) is 0 Å². The van der Waals surface area contributed by atoms with Crippen molar-refractivity contribution >= 4 is 29.2 Å². The van der Waals surface area contributed by atoms with Crippen molar-refractivity contribution in [2.45, 2.75) is 6.92 Å². The van der Waals surface area contributed by atoms with E-state index in [1.165, 1.54) is 0 Å². The van der Waals surface area contributed by atoms with Gasteiger partial charge in [-0.1, -0.05) is 6.07 Å². The van der Waals surface area contributed by atoms with Crippen molar-refractivity contribution in [3.8, 4) is 0 Å². The van der Waals surface area contributed by atoms with E-state index in [-0.39, 0.29) is 0 Å². The number of urea groups is 1. The third-order valence-corrected chi connectivity index (χ3v) is 2.75. The summed E-state index contributed by atoms with van der Waals surface area (Å²) in [5.41, 5.74) is 2.28. The zero-order valence-electron chi connectivity index (χ0n) is 10.4. The van der Waals surface area contributed by atoms with Gasteiger partial charge in [0.05, 0.1) is 5.69 Å². The molecule has 6 nitrogen and oxygen atoms in total. The van der Waals surface area contributed by atoms with Gasteiger partial charge in [-0.25, -0.2) is 9.69 Å². The Hall–Kier alpha value is -2.37. The molecule has 0 spiro atoms. The largest absolute Gasteiger partial charge is 0.377 e. The number of hydrogen-bond donors (Lipinski definition) is 1. The van der Waals surface area contributed by atoms with E-state index >= 15 is 0 Å². The van der Waals surface area contributed by atoms with Crippen LogP contribution in [0.3, 0.4) is 0 Å². The molecule has 1 saturated heterocycles. The van der Waals surface area contributed by atoms with Crippen molar-refractivity contribution in [1.29, 1.82) is 0 Å². The van der Waals surface area contributed by atoms with Crippen LogP contribution in [0.15, 0.2) is 18.2 Å². The SMILES string of the molecule is Cc1ccc(N2C(=O)NC(=O)C2=O)cc1N(C)C. The number of rotatable bonds is 2. The van der Waals surface area contributed by atoms with Crippen LogP contribution in [0, 0.1) is 6.92 Å². The van der Waals surface area contributed by atoms with E-state index in [4.69, 9.17) is 0 Å². The van der Waals surface area contributed by atoms with E-state index in [1.54, 1.807) is 18.2 Å². The minimum Gasteiger partial charge on any atom is -0.377 e. The molecule has 94 valence electrons. The molecule has 1 aliphatic rings. The average Bonchev–Trinajstić information content (AvgIpc) is 2.54. The number of benzene rings is 1. The number of nitrogens with zero attached hydrogens (tertiary/aromatic N) is 2. The third kappa shape index (κ3) is 1.81. The van der Waals surface area contributed by atoms with Gasteiger partial charge in [0.2, 0.25) is 0 Å². The fourth-order valence-corrected chi connectivity index (χ4v) is 1.85. The Morgan fingerprint density at radius 3 is 2.33 bits per heavy atom. The average molecular weight is 247 g/mol. The molecule has 1 fully saturated rings. The maximum absolute atomic E-state index is 11.6. The van der Waals surface area contributed by atoms with Gasteiger partial charge in [-0.2, -0.15) is 0 Å². The summed E-state index contributed by atoms with van der Waals surface area (Å²) >= 11 is 0. The van der Waals surface area contributed by atoms with Crippen molar-refractivity contribution in [3.63, 3.8) is 0 Å². The van der Waals surface area contributed by atoms with Gasteiger partial charge in [0.1, 0.15) is 0 Å². The molecule has 1 aromatic carbocycles. The number of hydrogen-bond acceptors (Lipinski definition) is 4. The predicted octanol–water partition coefficient (Wildman–Crippen LogP) is 0.644. The Morgan fingerprint density at radius 2 is 1.83 bits per heavy atom. The van der Waals surface area contributed by atoms with Crippen LogP contribution in [0.5, 0.6) is 0 Å². The van der Waals surface area contributed by atoms with Gasteiger partial charge in [0.15, 0.2) is 0 Å². The minimum absolute atomic E-state index is 0.387. The lowest BCUT2D eigenvalue weighted by atomic mass is 10.1. The number of aryl methyl sites for hydroxylation is 1. The number of anilines is 2. The number of carbonyl (C=O) groups excluding carboxylic acids is 3. The summed E-state index contributed by atoms with van der Waals surface area (Å²) < 4.78 is 0. The van der Waals surface area contributed by atoms with E-state index in [0.29, 0.717) is 5.69 Å². The van der Waals surface area contributed by atoms with Crippen LogP contribution in [0.25, 0.3) is 0 Å². The molecule has 0 saturated carbocycles. The predicted molar refractivity (Wildman–Crippen MR) is 66.5 cm³/mol. The summed E-state index contributed by atoms with van der Waals surface area (Å²) in [6, 6.07) is 4.43. The maximum atomic E-state index is 11.6. The summed E-state index contributed by atoms with van der Waals surface area (Å²) in [4.78, 5) is 36.9. The molecular formula is C12H13N3O3. The van der Waals surface area contributed by atoms with Gasteiger partial charge in [-0.3, -0.25) is 14.9 Å². The first kappa shape index (κ1) is 12.1. The molecular weight excluding hydrogens is 234 g/mol.